The lowest BCUT2D eigenvalue weighted by Crippen LogP contribution is -2.40. The lowest BCUT2D eigenvalue weighted by Gasteiger charge is -2.34. The van der Waals surface area contributed by atoms with Crippen LogP contribution in [0.5, 0.6) is 0 Å². The summed E-state index contributed by atoms with van der Waals surface area (Å²) in [5, 5.41) is 8.60. The SMILES string of the molecule is CC1(C)CCC(NS(=O)(=O)CCO)CC1. The third kappa shape index (κ3) is 4.49. The first-order chi connectivity index (χ1) is 6.85. The highest BCUT2D eigenvalue weighted by Crippen LogP contribution is 2.35. The fraction of sp³-hybridized carbons (Fsp3) is 1.00. The van der Waals surface area contributed by atoms with Gasteiger partial charge in [0.15, 0.2) is 0 Å². The van der Waals surface area contributed by atoms with Gasteiger partial charge in [-0.3, -0.25) is 0 Å². The molecule has 1 aliphatic rings. The molecule has 1 aliphatic carbocycles. The maximum Gasteiger partial charge on any atom is 0.214 e. The second-order valence-electron chi connectivity index (χ2n) is 5.10. The average Bonchev–Trinajstić information content (AvgIpc) is 2.08. The van der Waals surface area contributed by atoms with Gasteiger partial charge in [0.1, 0.15) is 0 Å². The van der Waals surface area contributed by atoms with Crippen LogP contribution in [0.3, 0.4) is 0 Å². The van der Waals surface area contributed by atoms with Gasteiger partial charge in [0.05, 0.1) is 12.4 Å². The Balaban J connectivity index is 2.42. The summed E-state index contributed by atoms with van der Waals surface area (Å²) in [6.45, 7) is 4.12. The summed E-state index contributed by atoms with van der Waals surface area (Å²) in [7, 11) is -3.27. The van der Waals surface area contributed by atoms with Crippen molar-refractivity contribution in [3.05, 3.63) is 0 Å². The lowest BCUT2D eigenvalue weighted by molar-refractivity contribution is 0.218. The Labute approximate surface area is 92.1 Å². The van der Waals surface area contributed by atoms with E-state index in [9.17, 15) is 8.42 Å². The quantitative estimate of drug-likeness (QED) is 0.759. The molecule has 0 radical (unpaired) electrons. The van der Waals surface area contributed by atoms with Crippen molar-refractivity contribution in [1.82, 2.24) is 4.72 Å². The van der Waals surface area contributed by atoms with Gasteiger partial charge < -0.3 is 5.11 Å². The van der Waals surface area contributed by atoms with Gasteiger partial charge in [-0.15, -0.1) is 0 Å². The van der Waals surface area contributed by atoms with Crippen molar-refractivity contribution in [3.63, 3.8) is 0 Å². The fourth-order valence-electron chi connectivity index (χ4n) is 1.95. The zero-order chi connectivity index (χ0) is 11.5. The first-order valence-corrected chi connectivity index (χ1v) is 7.11. The third-order valence-electron chi connectivity index (χ3n) is 3.05. The normalized spacial score (nSPS) is 22.9. The molecular formula is C10H21NO3S. The minimum atomic E-state index is -3.27. The van der Waals surface area contributed by atoms with Gasteiger partial charge in [-0.1, -0.05) is 13.8 Å². The summed E-state index contributed by atoms with van der Waals surface area (Å²) < 4.78 is 25.4. The number of hydrogen-bond acceptors (Lipinski definition) is 3. The molecule has 0 bridgehead atoms. The van der Waals surface area contributed by atoms with E-state index in [2.05, 4.69) is 18.6 Å². The van der Waals surface area contributed by atoms with Gasteiger partial charge in [0.25, 0.3) is 0 Å². The molecule has 0 aliphatic heterocycles. The summed E-state index contributed by atoms with van der Waals surface area (Å²) in [6, 6.07) is 0.0644. The summed E-state index contributed by atoms with van der Waals surface area (Å²) in [4.78, 5) is 0. The maximum atomic E-state index is 11.4. The van der Waals surface area contributed by atoms with Crippen molar-refractivity contribution in [2.45, 2.75) is 45.6 Å². The number of rotatable bonds is 4. The second kappa shape index (κ2) is 4.80. The molecule has 4 nitrogen and oxygen atoms in total. The molecule has 0 saturated heterocycles. The zero-order valence-electron chi connectivity index (χ0n) is 9.49. The van der Waals surface area contributed by atoms with Crippen LogP contribution in [0.1, 0.15) is 39.5 Å². The third-order valence-corrected chi connectivity index (χ3v) is 4.46. The number of hydrogen-bond donors (Lipinski definition) is 2. The molecule has 0 aromatic heterocycles. The molecule has 0 spiro atoms. The van der Waals surface area contributed by atoms with Crippen molar-refractivity contribution in [2.75, 3.05) is 12.4 Å². The Morgan fingerprint density at radius 2 is 1.87 bits per heavy atom. The number of aliphatic hydroxyl groups is 1. The minimum Gasteiger partial charge on any atom is -0.395 e. The summed E-state index contributed by atoms with van der Waals surface area (Å²) in [6.07, 6.45) is 3.91. The highest BCUT2D eigenvalue weighted by atomic mass is 32.2. The van der Waals surface area contributed by atoms with E-state index < -0.39 is 10.0 Å². The van der Waals surface area contributed by atoms with Crippen molar-refractivity contribution in [3.8, 4) is 0 Å². The van der Waals surface area contributed by atoms with Crippen LogP contribution in [0.4, 0.5) is 0 Å². The predicted molar refractivity (Wildman–Crippen MR) is 60.0 cm³/mol. The van der Waals surface area contributed by atoms with E-state index >= 15 is 0 Å². The smallest absolute Gasteiger partial charge is 0.214 e. The van der Waals surface area contributed by atoms with Crippen LogP contribution in [0.2, 0.25) is 0 Å². The second-order valence-corrected chi connectivity index (χ2v) is 6.97. The van der Waals surface area contributed by atoms with Crippen molar-refractivity contribution >= 4 is 10.0 Å². The molecule has 5 heteroatoms. The molecule has 0 heterocycles. The Morgan fingerprint density at radius 1 is 1.33 bits per heavy atom. The minimum absolute atomic E-state index is 0.0644. The van der Waals surface area contributed by atoms with Gasteiger partial charge in [-0.05, 0) is 31.1 Å². The van der Waals surface area contributed by atoms with Crippen LogP contribution in [-0.4, -0.2) is 31.9 Å². The van der Waals surface area contributed by atoms with E-state index in [-0.39, 0.29) is 18.4 Å². The Kier molecular flexibility index (Phi) is 4.14. The van der Waals surface area contributed by atoms with Gasteiger partial charge in [0.2, 0.25) is 10.0 Å². The van der Waals surface area contributed by atoms with Crippen molar-refractivity contribution in [1.29, 1.82) is 0 Å². The molecule has 0 amide bonds. The Hall–Kier alpha value is -0.130. The van der Waals surface area contributed by atoms with E-state index in [0.717, 1.165) is 25.7 Å². The Morgan fingerprint density at radius 3 is 2.33 bits per heavy atom. The van der Waals surface area contributed by atoms with Crippen LogP contribution in [0.15, 0.2) is 0 Å². The summed E-state index contributed by atoms with van der Waals surface area (Å²) >= 11 is 0. The topological polar surface area (TPSA) is 66.4 Å². The van der Waals surface area contributed by atoms with Crippen LogP contribution >= 0.6 is 0 Å². The average molecular weight is 235 g/mol. The van der Waals surface area contributed by atoms with Crippen LogP contribution in [-0.2, 0) is 10.0 Å². The van der Waals surface area contributed by atoms with E-state index in [1.165, 1.54) is 0 Å². The van der Waals surface area contributed by atoms with E-state index in [4.69, 9.17) is 5.11 Å². The molecule has 1 fully saturated rings. The van der Waals surface area contributed by atoms with Crippen molar-refractivity contribution < 1.29 is 13.5 Å². The van der Waals surface area contributed by atoms with Crippen molar-refractivity contribution in [2.24, 2.45) is 5.41 Å². The first kappa shape index (κ1) is 12.9. The molecular weight excluding hydrogens is 214 g/mol. The predicted octanol–water partition coefficient (Wildman–Crippen LogP) is 0.867. The molecule has 0 aromatic rings. The molecule has 1 saturated carbocycles. The van der Waals surface area contributed by atoms with Crippen LogP contribution < -0.4 is 4.72 Å². The molecule has 0 atom stereocenters. The van der Waals surface area contributed by atoms with Gasteiger partial charge in [-0.2, -0.15) is 0 Å². The summed E-state index contributed by atoms with van der Waals surface area (Å²) in [5.74, 6) is -0.188. The maximum absolute atomic E-state index is 11.4. The Bertz CT molecular complexity index is 288. The van der Waals surface area contributed by atoms with Gasteiger partial charge in [0, 0.05) is 6.04 Å². The number of sulfonamides is 1. The molecule has 1 rings (SSSR count). The number of nitrogens with one attached hydrogen (secondary N) is 1. The first-order valence-electron chi connectivity index (χ1n) is 5.45. The molecule has 90 valence electrons. The standard InChI is InChI=1S/C10H21NO3S/c1-10(2)5-3-9(4-6-10)11-15(13,14)8-7-12/h9,11-12H,3-8H2,1-2H3. The van der Waals surface area contributed by atoms with Crippen LogP contribution in [0, 0.1) is 5.41 Å². The number of aliphatic hydroxyl groups excluding tert-OH is 1. The fourth-order valence-corrected chi connectivity index (χ4v) is 3.05. The van der Waals surface area contributed by atoms with E-state index in [0.29, 0.717) is 5.41 Å². The van der Waals surface area contributed by atoms with E-state index in [1.807, 2.05) is 0 Å². The highest BCUT2D eigenvalue weighted by Gasteiger charge is 2.28. The van der Waals surface area contributed by atoms with Crippen LogP contribution in [0.25, 0.3) is 0 Å². The van der Waals surface area contributed by atoms with Gasteiger partial charge in [-0.25, -0.2) is 13.1 Å². The largest absolute Gasteiger partial charge is 0.395 e. The monoisotopic (exact) mass is 235 g/mol. The zero-order valence-corrected chi connectivity index (χ0v) is 10.3. The van der Waals surface area contributed by atoms with Gasteiger partial charge >= 0.3 is 0 Å². The highest BCUT2D eigenvalue weighted by molar-refractivity contribution is 7.89. The summed E-state index contributed by atoms with van der Waals surface area (Å²) in [5.41, 5.74) is 0.346. The molecule has 0 unspecified atom stereocenters. The molecule has 2 N–H and O–H groups in total. The lowest BCUT2D eigenvalue weighted by atomic mass is 9.76. The molecule has 15 heavy (non-hydrogen) atoms. The van der Waals surface area contributed by atoms with E-state index in [1.54, 1.807) is 0 Å². The molecule has 0 aromatic carbocycles.